The molecule has 0 amide bonds. The van der Waals surface area contributed by atoms with Crippen molar-refractivity contribution < 1.29 is 17.9 Å². The zero-order valence-electron chi connectivity index (χ0n) is 30.5. The van der Waals surface area contributed by atoms with Crippen LogP contribution in [-0.2, 0) is 39.8 Å². The van der Waals surface area contributed by atoms with Gasteiger partial charge in [0.1, 0.15) is 0 Å². The molecule has 6 rings (SSSR count). The minimum Gasteiger partial charge on any atom is -0.462 e. The highest BCUT2D eigenvalue weighted by molar-refractivity contribution is 7.88. The molecule has 0 aliphatic heterocycles. The van der Waals surface area contributed by atoms with Gasteiger partial charge in [-0.3, -0.25) is 0 Å². The van der Waals surface area contributed by atoms with Crippen LogP contribution in [0.5, 0.6) is 0 Å². The third-order valence-electron chi connectivity index (χ3n) is 9.86. The zero-order valence-corrected chi connectivity index (χ0v) is 33.6. The van der Waals surface area contributed by atoms with Crippen LogP contribution in [0.4, 0.5) is 0 Å². The first-order valence-corrected chi connectivity index (χ1v) is 20.8. The predicted octanol–water partition coefficient (Wildman–Crippen LogP) is 10.9. The molecule has 1 N–H and O–H groups in total. The Hall–Kier alpha value is -4.11. The zero-order chi connectivity index (χ0) is 38.4. The lowest BCUT2D eigenvalue weighted by molar-refractivity contribution is 0.0526. The van der Waals surface area contributed by atoms with E-state index in [1.165, 1.54) is 0 Å². The molecule has 1 aromatic heterocycles. The molecule has 0 radical (unpaired) electrons. The predicted molar refractivity (Wildman–Crippen MR) is 222 cm³/mol. The molecule has 0 bridgehead atoms. The maximum Gasteiger partial charge on any atom is 0.338 e. The number of benzene rings is 5. The van der Waals surface area contributed by atoms with Crippen molar-refractivity contribution in [2.45, 2.75) is 58.2 Å². The van der Waals surface area contributed by atoms with Crippen molar-refractivity contribution in [3.63, 3.8) is 0 Å². The standard InChI is InChI=1S/C44H43Cl3N2O4S/c1-4-53-44(50)34-20-18-31(19-21-34)12-11-17-36-37-27-35(45)22-23-40(37)49(43(32-13-7-5-8-14-32)33-15-9-6-10-16-33)41(36)24-25-48-54(51,52)28-38-29(2)26-39(46)42(47)30(38)3/h5-10,13-16,18-23,26-27,43,48H,4,11-12,17,24-25,28H2,1-3H3. The van der Waals surface area contributed by atoms with Gasteiger partial charge in [0.2, 0.25) is 10.0 Å². The Morgan fingerprint density at radius 1 is 0.796 bits per heavy atom. The molecule has 54 heavy (non-hydrogen) atoms. The Morgan fingerprint density at radius 2 is 1.44 bits per heavy atom. The molecule has 0 fully saturated rings. The van der Waals surface area contributed by atoms with Gasteiger partial charge in [-0.1, -0.05) is 108 Å². The van der Waals surface area contributed by atoms with E-state index in [9.17, 15) is 13.2 Å². The summed E-state index contributed by atoms with van der Waals surface area (Å²) in [7, 11) is -3.75. The topological polar surface area (TPSA) is 77.4 Å². The summed E-state index contributed by atoms with van der Waals surface area (Å²) in [5, 5.41) is 2.44. The quantitative estimate of drug-likeness (QED) is 0.105. The van der Waals surface area contributed by atoms with Crippen LogP contribution >= 0.6 is 34.8 Å². The first-order chi connectivity index (χ1) is 26.0. The van der Waals surface area contributed by atoms with E-state index in [-0.39, 0.29) is 24.3 Å². The summed E-state index contributed by atoms with van der Waals surface area (Å²) in [5.41, 5.74) is 9.11. The van der Waals surface area contributed by atoms with Gasteiger partial charge in [0.05, 0.1) is 34.0 Å². The molecule has 0 saturated carbocycles. The molecular formula is C44H43Cl3N2O4S. The maximum atomic E-state index is 13.6. The molecule has 0 unspecified atom stereocenters. The molecule has 280 valence electrons. The molecule has 0 saturated heterocycles. The van der Waals surface area contributed by atoms with Gasteiger partial charge in [0, 0.05) is 34.6 Å². The van der Waals surface area contributed by atoms with Crippen LogP contribution in [0.2, 0.25) is 15.1 Å². The molecule has 6 aromatic rings. The molecular weight excluding hydrogens is 759 g/mol. The summed E-state index contributed by atoms with van der Waals surface area (Å²) in [6.07, 6.45) is 2.76. The van der Waals surface area contributed by atoms with E-state index in [0.29, 0.717) is 44.8 Å². The average Bonchev–Trinajstić information content (AvgIpc) is 3.45. The molecule has 0 aliphatic rings. The summed E-state index contributed by atoms with van der Waals surface area (Å²) >= 11 is 19.4. The van der Waals surface area contributed by atoms with E-state index < -0.39 is 10.0 Å². The number of aryl methyl sites for hydroxylation is 3. The maximum absolute atomic E-state index is 13.6. The molecule has 5 aromatic carbocycles. The summed E-state index contributed by atoms with van der Waals surface area (Å²) in [6, 6.07) is 35.8. The molecule has 10 heteroatoms. The Balaban J connectivity index is 1.38. The summed E-state index contributed by atoms with van der Waals surface area (Å²) < 4.78 is 37.7. The van der Waals surface area contributed by atoms with Crippen molar-refractivity contribution in [1.82, 2.24) is 9.29 Å². The number of hydrogen-bond acceptors (Lipinski definition) is 4. The van der Waals surface area contributed by atoms with Crippen LogP contribution in [0.1, 0.15) is 74.4 Å². The largest absolute Gasteiger partial charge is 0.462 e. The first-order valence-electron chi connectivity index (χ1n) is 18.1. The number of carbonyl (C=O) groups excluding carboxylic acids is 1. The fourth-order valence-electron chi connectivity index (χ4n) is 7.24. The highest BCUT2D eigenvalue weighted by Crippen LogP contribution is 2.38. The first kappa shape index (κ1) is 39.6. The lowest BCUT2D eigenvalue weighted by atomic mass is 9.97. The molecule has 6 nitrogen and oxygen atoms in total. The van der Waals surface area contributed by atoms with Crippen LogP contribution in [0.3, 0.4) is 0 Å². The highest BCUT2D eigenvalue weighted by atomic mass is 35.5. The third-order valence-corrected chi connectivity index (χ3v) is 12.3. The molecule has 0 atom stereocenters. The van der Waals surface area contributed by atoms with Crippen molar-refractivity contribution >= 4 is 61.7 Å². The Bertz CT molecular complexity index is 2320. The third kappa shape index (κ3) is 9.05. The Labute approximate surface area is 333 Å². The number of hydrogen-bond donors (Lipinski definition) is 1. The number of esters is 1. The summed E-state index contributed by atoms with van der Waals surface area (Å²) in [5.74, 6) is -0.541. The van der Waals surface area contributed by atoms with Gasteiger partial charge in [0.25, 0.3) is 0 Å². The van der Waals surface area contributed by atoms with E-state index in [4.69, 9.17) is 39.5 Å². The Morgan fingerprint density at radius 3 is 2.07 bits per heavy atom. The highest BCUT2D eigenvalue weighted by Gasteiger charge is 2.26. The number of ether oxygens (including phenoxy) is 1. The van der Waals surface area contributed by atoms with Gasteiger partial charge in [-0.2, -0.15) is 0 Å². The summed E-state index contributed by atoms with van der Waals surface area (Å²) in [4.78, 5) is 12.2. The molecule has 1 heterocycles. The van der Waals surface area contributed by atoms with Crippen LogP contribution in [0, 0.1) is 13.8 Å². The lowest BCUT2D eigenvalue weighted by Crippen LogP contribution is -2.29. The summed E-state index contributed by atoms with van der Waals surface area (Å²) in [6.45, 7) is 5.95. The van der Waals surface area contributed by atoms with E-state index in [1.807, 2.05) is 79.7 Å². The molecule has 0 aliphatic carbocycles. The lowest BCUT2D eigenvalue weighted by Gasteiger charge is -2.25. The number of rotatable bonds is 15. The second kappa shape index (κ2) is 17.6. The number of aromatic nitrogens is 1. The second-order valence-corrected chi connectivity index (χ2v) is 16.5. The monoisotopic (exact) mass is 800 g/mol. The van der Waals surface area contributed by atoms with Gasteiger partial charge in [0.15, 0.2) is 0 Å². The number of nitrogens with one attached hydrogen (secondary N) is 1. The van der Waals surface area contributed by atoms with Gasteiger partial charge in [-0.25, -0.2) is 17.9 Å². The van der Waals surface area contributed by atoms with Gasteiger partial charge < -0.3 is 9.30 Å². The number of halogens is 3. The van der Waals surface area contributed by atoms with E-state index in [1.54, 1.807) is 19.9 Å². The van der Waals surface area contributed by atoms with Crippen LogP contribution in [-0.4, -0.2) is 32.1 Å². The van der Waals surface area contributed by atoms with E-state index in [0.717, 1.165) is 63.7 Å². The van der Waals surface area contributed by atoms with Crippen molar-refractivity contribution in [3.05, 3.63) is 174 Å². The van der Waals surface area contributed by atoms with Gasteiger partial charge in [-0.05, 0) is 115 Å². The van der Waals surface area contributed by atoms with Crippen LogP contribution < -0.4 is 4.72 Å². The van der Waals surface area contributed by atoms with E-state index >= 15 is 0 Å². The van der Waals surface area contributed by atoms with Crippen LogP contribution in [0.25, 0.3) is 10.9 Å². The minimum atomic E-state index is -3.75. The second-order valence-electron chi connectivity index (χ2n) is 13.4. The van der Waals surface area contributed by atoms with Gasteiger partial charge in [-0.15, -0.1) is 0 Å². The van der Waals surface area contributed by atoms with Crippen molar-refractivity contribution in [3.8, 4) is 0 Å². The average molecular weight is 802 g/mol. The SMILES string of the molecule is CCOC(=O)c1ccc(CCCc2c(CCNS(=O)(=O)Cc3c(C)cc(Cl)c(Cl)c3C)n(C(c3ccccc3)c3ccccc3)c3ccc(Cl)cc23)cc1. The number of sulfonamides is 1. The van der Waals surface area contributed by atoms with E-state index in [2.05, 4.69) is 39.6 Å². The number of nitrogens with zero attached hydrogens (tertiary/aromatic N) is 1. The van der Waals surface area contributed by atoms with Crippen molar-refractivity contribution in [2.75, 3.05) is 13.2 Å². The van der Waals surface area contributed by atoms with Crippen molar-refractivity contribution in [1.29, 1.82) is 0 Å². The fourth-order valence-corrected chi connectivity index (χ4v) is 9.23. The fraction of sp³-hybridized carbons (Fsp3) is 0.250. The Kier molecular flexibility index (Phi) is 12.9. The normalized spacial score (nSPS) is 11.8. The number of fused-ring (bicyclic) bond motifs is 1. The van der Waals surface area contributed by atoms with Crippen molar-refractivity contribution in [2.24, 2.45) is 0 Å². The number of carbonyl (C=O) groups is 1. The molecule has 0 spiro atoms. The van der Waals surface area contributed by atoms with Crippen LogP contribution in [0.15, 0.2) is 109 Å². The smallest absolute Gasteiger partial charge is 0.338 e. The van der Waals surface area contributed by atoms with Gasteiger partial charge >= 0.3 is 5.97 Å². The minimum absolute atomic E-state index is 0.185.